The Hall–Kier alpha value is -3.35. The molecule has 7 nitrogen and oxygen atoms in total. The van der Waals surface area contributed by atoms with E-state index in [4.69, 9.17) is 4.74 Å². The van der Waals surface area contributed by atoms with Gasteiger partial charge in [0, 0.05) is 24.9 Å². The van der Waals surface area contributed by atoms with E-state index in [2.05, 4.69) is 34.9 Å². The van der Waals surface area contributed by atoms with Gasteiger partial charge < -0.3 is 20.5 Å². The maximum Gasteiger partial charge on any atom is 0.407 e. The highest BCUT2D eigenvalue weighted by molar-refractivity contribution is 5.79. The summed E-state index contributed by atoms with van der Waals surface area (Å²) in [6, 6.07) is 16.0. The van der Waals surface area contributed by atoms with Crippen LogP contribution < -0.4 is 10.6 Å². The number of aliphatic carboxylic acids is 1. The number of fused-ring (bicyclic) bond motifs is 3. The number of hydrogen-bond donors (Lipinski definition) is 3. The number of nitrogens with one attached hydrogen (secondary N) is 2. The molecule has 0 aliphatic heterocycles. The molecule has 0 radical (unpaired) electrons. The molecule has 34 heavy (non-hydrogen) atoms. The fourth-order valence-corrected chi connectivity index (χ4v) is 5.25. The third kappa shape index (κ3) is 5.24. The van der Waals surface area contributed by atoms with Gasteiger partial charge in [0.2, 0.25) is 5.91 Å². The van der Waals surface area contributed by atoms with Crippen LogP contribution in [0.2, 0.25) is 0 Å². The Labute approximate surface area is 199 Å². The van der Waals surface area contributed by atoms with Gasteiger partial charge in [-0.15, -0.1) is 0 Å². The first-order chi connectivity index (χ1) is 16.5. The van der Waals surface area contributed by atoms with Crippen molar-refractivity contribution < 1.29 is 24.2 Å². The summed E-state index contributed by atoms with van der Waals surface area (Å²) in [7, 11) is 0. The van der Waals surface area contributed by atoms with E-state index in [1.54, 1.807) is 0 Å². The minimum Gasteiger partial charge on any atom is -0.481 e. The fraction of sp³-hybridized carbons (Fsp3) is 0.444. The van der Waals surface area contributed by atoms with Gasteiger partial charge in [0.05, 0.1) is 5.92 Å². The number of benzene rings is 2. The van der Waals surface area contributed by atoms with Crippen LogP contribution in [0, 0.1) is 11.8 Å². The Kier molecular flexibility index (Phi) is 7.50. The minimum atomic E-state index is -0.792. The van der Waals surface area contributed by atoms with Crippen molar-refractivity contribution in [1.82, 2.24) is 10.6 Å². The first-order valence-corrected chi connectivity index (χ1v) is 12.1. The van der Waals surface area contributed by atoms with E-state index in [1.807, 2.05) is 31.2 Å². The molecular formula is C27H32N2O5. The number of rotatable bonds is 9. The van der Waals surface area contributed by atoms with Gasteiger partial charge in [-0.05, 0) is 47.4 Å². The van der Waals surface area contributed by atoms with Gasteiger partial charge in [-0.2, -0.15) is 0 Å². The zero-order chi connectivity index (χ0) is 24.1. The maximum absolute atomic E-state index is 12.5. The van der Waals surface area contributed by atoms with E-state index < -0.39 is 12.1 Å². The smallest absolute Gasteiger partial charge is 0.407 e. The van der Waals surface area contributed by atoms with E-state index in [-0.39, 0.29) is 42.7 Å². The quantitative estimate of drug-likeness (QED) is 0.513. The standard InChI is InChI=1S/C27H32N2O5/c1-2-18(14-25(30)28-15-17-8-7-13-19(17)26(31)32)29-27(33)34-16-24-22-11-5-3-9-20(22)21-10-4-6-12-23(21)24/h3-6,9-12,17-19,24H,2,7-8,13-16H2,1H3,(H,28,30)(H,29,33)(H,31,32)/t17-,18-,19-/m0/s1. The van der Waals surface area contributed by atoms with Crippen molar-refractivity contribution >= 4 is 18.0 Å². The zero-order valence-electron chi connectivity index (χ0n) is 19.5. The van der Waals surface area contributed by atoms with Crippen molar-refractivity contribution in [3.05, 3.63) is 59.7 Å². The molecule has 2 aromatic rings. The Morgan fingerprint density at radius 1 is 1.03 bits per heavy atom. The minimum absolute atomic E-state index is 0.0184. The molecule has 1 fully saturated rings. The fourth-order valence-electron chi connectivity index (χ4n) is 5.25. The van der Waals surface area contributed by atoms with Gasteiger partial charge in [-0.25, -0.2) is 4.79 Å². The monoisotopic (exact) mass is 464 g/mol. The molecule has 3 atom stereocenters. The summed E-state index contributed by atoms with van der Waals surface area (Å²) in [5.41, 5.74) is 4.63. The third-order valence-corrected chi connectivity index (χ3v) is 7.13. The van der Waals surface area contributed by atoms with Crippen molar-refractivity contribution in [2.75, 3.05) is 13.2 Å². The summed E-state index contributed by atoms with van der Waals surface area (Å²) < 4.78 is 5.59. The van der Waals surface area contributed by atoms with Gasteiger partial charge in [-0.1, -0.05) is 61.9 Å². The largest absolute Gasteiger partial charge is 0.481 e. The normalized spacial score (nSPS) is 19.7. The van der Waals surface area contributed by atoms with Crippen LogP contribution in [0.15, 0.2) is 48.5 Å². The number of carboxylic acid groups (broad SMARTS) is 1. The van der Waals surface area contributed by atoms with Crippen LogP contribution in [-0.4, -0.2) is 42.3 Å². The predicted octanol–water partition coefficient (Wildman–Crippen LogP) is 4.31. The number of carboxylic acids is 1. The lowest BCUT2D eigenvalue weighted by Gasteiger charge is -2.20. The van der Waals surface area contributed by atoms with Gasteiger partial charge in [0.15, 0.2) is 0 Å². The lowest BCUT2D eigenvalue weighted by Crippen LogP contribution is -2.41. The Morgan fingerprint density at radius 3 is 2.29 bits per heavy atom. The number of carbonyl (C=O) groups excluding carboxylic acids is 2. The molecule has 2 aromatic carbocycles. The highest BCUT2D eigenvalue weighted by Gasteiger charge is 2.33. The lowest BCUT2D eigenvalue weighted by atomic mass is 9.96. The van der Waals surface area contributed by atoms with Crippen LogP contribution in [0.25, 0.3) is 11.1 Å². The molecule has 4 rings (SSSR count). The Bertz CT molecular complexity index is 1010. The van der Waals surface area contributed by atoms with E-state index in [9.17, 15) is 19.5 Å². The van der Waals surface area contributed by atoms with Crippen molar-refractivity contribution in [3.8, 4) is 11.1 Å². The Balaban J connectivity index is 1.27. The zero-order valence-corrected chi connectivity index (χ0v) is 19.5. The predicted molar refractivity (Wildman–Crippen MR) is 128 cm³/mol. The molecule has 2 amide bonds. The van der Waals surface area contributed by atoms with E-state index in [0.717, 1.165) is 24.0 Å². The number of hydrogen-bond acceptors (Lipinski definition) is 4. The number of carbonyl (C=O) groups is 3. The van der Waals surface area contributed by atoms with Crippen LogP contribution in [0.1, 0.15) is 56.1 Å². The molecule has 0 spiro atoms. The molecule has 2 aliphatic carbocycles. The average molecular weight is 465 g/mol. The lowest BCUT2D eigenvalue weighted by molar-refractivity contribution is -0.143. The number of alkyl carbamates (subject to hydrolysis) is 1. The molecule has 0 aromatic heterocycles. The summed E-state index contributed by atoms with van der Waals surface area (Å²) in [6.07, 6.45) is 2.52. The molecule has 0 bridgehead atoms. The van der Waals surface area contributed by atoms with Crippen molar-refractivity contribution in [1.29, 1.82) is 0 Å². The molecule has 3 N–H and O–H groups in total. The first-order valence-electron chi connectivity index (χ1n) is 12.1. The topological polar surface area (TPSA) is 105 Å². The average Bonchev–Trinajstić information content (AvgIpc) is 3.44. The molecule has 0 saturated heterocycles. The van der Waals surface area contributed by atoms with E-state index >= 15 is 0 Å². The number of ether oxygens (including phenoxy) is 1. The first kappa shape index (κ1) is 23.8. The summed E-state index contributed by atoms with van der Waals surface area (Å²) in [5, 5.41) is 15.0. The highest BCUT2D eigenvalue weighted by atomic mass is 16.5. The number of amides is 2. The van der Waals surface area contributed by atoms with Crippen molar-refractivity contribution in [2.24, 2.45) is 11.8 Å². The third-order valence-electron chi connectivity index (χ3n) is 7.13. The molecule has 1 saturated carbocycles. The van der Waals surface area contributed by atoms with Gasteiger partial charge >= 0.3 is 12.1 Å². The maximum atomic E-state index is 12.5. The van der Waals surface area contributed by atoms with Crippen molar-refractivity contribution in [2.45, 2.75) is 51.0 Å². The summed E-state index contributed by atoms with van der Waals surface area (Å²) in [4.78, 5) is 36.3. The molecule has 180 valence electrons. The summed E-state index contributed by atoms with van der Waals surface area (Å²) in [6.45, 7) is 2.48. The van der Waals surface area contributed by atoms with Gasteiger partial charge in [-0.3, -0.25) is 9.59 Å². The second-order valence-corrected chi connectivity index (χ2v) is 9.22. The second kappa shape index (κ2) is 10.7. The van der Waals surface area contributed by atoms with Crippen LogP contribution in [0.3, 0.4) is 0 Å². The van der Waals surface area contributed by atoms with Crippen molar-refractivity contribution in [3.63, 3.8) is 0 Å². The van der Waals surface area contributed by atoms with Gasteiger partial charge in [0.25, 0.3) is 0 Å². The van der Waals surface area contributed by atoms with E-state index in [1.165, 1.54) is 11.1 Å². The summed E-state index contributed by atoms with van der Waals surface area (Å²) in [5.74, 6) is -1.42. The Morgan fingerprint density at radius 2 is 1.68 bits per heavy atom. The van der Waals surface area contributed by atoms with Crippen LogP contribution in [0.4, 0.5) is 4.79 Å². The summed E-state index contributed by atoms with van der Waals surface area (Å²) >= 11 is 0. The molecule has 2 aliphatic rings. The highest BCUT2D eigenvalue weighted by Crippen LogP contribution is 2.44. The van der Waals surface area contributed by atoms with Crippen LogP contribution in [0.5, 0.6) is 0 Å². The van der Waals surface area contributed by atoms with Gasteiger partial charge in [0.1, 0.15) is 6.61 Å². The molecule has 0 heterocycles. The van der Waals surface area contributed by atoms with Crippen LogP contribution >= 0.6 is 0 Å². The van der Waals surface area contributed by atoms with E-state index in [0.29, 0.717) is 19.4 Å². The van der Waals surface area contributed by atoms with Crippen LogP contribution in [-0.2, 0) is 14.3 Å². The second-order valence-electron chi connectivity index (χ2n) is 9.22. The molecular weight excluding hydrogens is 432 g/mol. The molecule has 0 unspecified atom stereocenters. The molecule has 7 heteroatoms. The SMILES string of the molecule is CC[C@@H](CC(=O)NC[C@@H]1CCC[C@@H]1C(=O)O)NC(=O)OCC1c2ccccc2-c2ccccc21.